The van der Waals surface area contributed by atoms with Gasteiger partial charge in [-0.15, -0.1) is 0 Å². The lowest BCUT2D eigenvalue weighted by molar-refractivity contribution is 0.0759. The molecule has 1 spiro atoms. The maximum absolute atomic E-state index is 14.1. The summed E-state index contributed by atoms with van der Waals surface area (Å²) in [6, 6.07) is 13.8. The van der Waals surface area contributed by atoms with E-state index in [0.717, 1.165) is 5.56 Å². The number of rotatable bonds is 3. The number of hydrogen-bond acceptors (Lipinski definition) is 3. The maximum atomic E-state index is 14.1. The van der Waals surface area contributed by atoms with E-state index in [0.29, 0.717) is 0 Å². The van der Waals surface area contributed by atoms with Crippen molar-refractivity contribution in [3.63, 3.8) is 0 Å². The molecule has 1 amide bonds. The molecule has 0 radical (unpaired) electrons. The maximum Gasteiger partial charge on any atom is 0.258 e. The van der Waals surface area contributed by atoms with E-state index < -0.39 is 23.2 Å². The Morgan fingerprint density at radius 1 is 1.23 bits per heavy atom. The number of nitrogens with zero attached hydrogens (tertiary/aromatic N) is 1. The number of hydrogen-bond donors (Lipinski definition) is 2. The van der Waals surface area contributed by atoms with Gasteiger partial charge in [0, 0.05) is 25.1 Å². The number of likely N-dealkylation sites (tertiary alicyclic amines) is 1. The summed E-state index contributed by atoms with van der Waals surface area (Å²) in [5.41, 5.74) is 0.267. The average molecular weight is 376 g/mol. The Labute approximate surface area is 155 Å². The summed E-state index contributed by atoms with van der Waals surface area (Å²) in [6.45, 7) is 0.297. The van der Waals surface area contributed by atoms with Gasteiger partial charge >= 0.3 is 0 Å². The van der Waals surface area contributed by atoms with Crippen molar-refractivity contribution < 1.29 is 19.4 Å². The molecule has 2 aromatic rings. The minimum absolute atomic E-state index is 0.0300. The van der Waals surface area contributed by atoms with Crippen molar-refractivity contribution in [3.8, 4) is 0 Å². The first-order valence-corrected chi connectivity index (χ1v) is 8.95. The largest absolute Gasteiger partial charge is 0.396 e. The summed E-state index contributed by atoms with van der Waals surface area (Å²) in [6.07, 6.45) is -0.778. The van der Waals surface area contributed by atoms with Gasteiger partial charge in [0.25, 0.3) is 5.91 Å². The zero-order chi connectivity index (χ0) is 18.5. The Morgan fingerprint density at radius 2 is 1.96 bits per heavy atom. The standard InChI is InChI=1S/C20H19ClFNO3/c21-14-7-4-8-15(22)17(14)19(26)23-9-16(25)20(11-23)13(10-24)18(20)12-5-2-1-3-6-12/h1-8,13,16,18,24-25H,9-11H2/t13-,16+,18-,20-/m1/s1. The highest BCUT2D eigenvalue weighted by atomic mass is 35.5. The highest BCUT2D eigenvalue weighted by Crippen LogP contribution is 2.68. The van der Waals surface area contributed by atoms with Gasteiger partial charge in [0.1, 0.15) is 5.82 Å². The van der Waals surface area contributed by atoms with Crippen LogP contribution in [0.15, 0.2) is 48.5 Å². The molecule has 1 saturated carbocycles. The van der Waals surface area contributed by atoms with Crippen LogP contribution in [0.2, 0.25) is 5.02 Å². The van der Waals surface area contributed by atoms with Crippen LogP contribution >= 0.6 is 11.6 Å². The van der Waals surface area contributed by atoms with Gasteiger partial charge in [0.05, 0.1) is 16.7 Å². The molecule has 4 rings (SSSR count). The number of halogens is 2. The lowest BCUT2D eigenvalue weighted by Gasteiger charge is -2.18. The van der Waals surface area contributed by atoms with Crippen molar-refractivity contribution in [2.24, 2.45) is 11.3 Å². The smallest absolute Gasteiger partial charge is 0.258 e. The van der Waals surface area contributed by atoms with E-state index in [-0.39, 0.29) is 42.1 Å². The molecule has 0 unspecified atom stereocenters. The van der Waals surface area contributed by atoms with Crippen molar-refractivity contribution in [3.05, 3.63) is 70.5 Å². The molecule has 0 bridgehead atoms. The Kier molecular flexibility index (Phi) is 4.26. The molecular formula is C20H19ClFNO3. The summed E-state index contributed by atoms with van der Waals surface area (Å²) in [4.78, 5) is 14.3. The molecule has 2 fully saturated rings. The van der Waals surface area contributed by atoms with Gasteiger partial charge in [-0.3, -0.25) is 4.79 Å². The van der Waals surface area contributed by atoms with Crippen LogP contribution in [0.1, 0.15) is 21.8 Å². The van der Waals surface area contributed by atoms with E-state index in [1.807, 2.05) is 30.3 Å². The fourth-order valence-corrected chi connectivity index (χ4v) is 4.83. The quantitative estimate of drug-likeness (QED) is 0.867. The molecule has 2 aliphatic rings. The summed E-state index contributed by atoms with van der Waals surface area (Å²) in [5, 5.41) is 20.6. The number of carbonyl (C=O) groups is 1. The zero-order valence-corrected chi connectivity index (χ0v) is 14.7. The third kappa shape index (κ3) is 2.46. The molecule has 1 aliphatic heterocycles. The number of aliphatic hydroxyl groups excluding tert-OH is 2. The molecule has 6 heteroatoms. The Balaban J connectivity index is 1.63. The van der Waals surface area contributed by atoms with Crippen LogP contribution in [0.4, 0.5) is 4.39 Å². The number of carbonyl (C=O) groups excluding carboxylic acids is 1. The van der Waals surface area contributed by atoms with Crippen LogP contribution in [-0.4, -0.2) is 46.8 Å². The first-order chi connectivity index (χ1) is 12.5. The fourth-order valence-electron chi connectivity index (χ4n) is 4.58. The Morgan fingerprint density at radius 3 is 2.62 bits per heavy atom. The average Bonchev–Trinajstić information content (AvgIpc) is 3.17. The number of β-amino-alcohol motifs (C(OH)–C–C–N with tert-alkyl or cyclic N) is 1. The third-order valence-corrected chi connectivity index (χ3v) is 6.18. The predicted octanol–water partition coefficient (Wildman–Crippen LogP) is 2.69. The van der Waals surface area contributed by atoms with E-state index in [1.54, 1.807) is 0 Å². The van der Waals surface area contributed by atoms with E-state index in [1.165, 1.54) is 23.1 Å². The lowest BCUT2D eigenvalue weighted by atomic mass is 9.95. The molecular weight excluding hydrogens is 357 g/mol. The summed E-state index contributed by atoms with van der Waals surface area (Å²) < 4.78 is 14.1. The van der Waals surface area contributed by atoms with Crippen LogP contribution in [0.5, 0.6) is 0 Å². The van der Waals surface area contributed by atoms with Crippen molar-refractivity contribution >= 4 is 17.5 Å². The van der Waals surface area contributed by atoms with Gasteiger partial charge in [-0.1, -0.05) is 48.0 Å². The third-order valence-electron chi connectivity index (χ3n) is 5.86. The zero-order valence-electron chi connectivity index (χ0n) is 14.0. The van der Waals surface area contributed by atoms with Gasteiger partial charge in [0.2, 0.25) is 0 Å². The SMILES string of the molecule is O=C(c1c(F)cccc1Cl)N1C[C@H](O)[C@@]2(C1)[C@H](CO)[C@H]2c1ccccc1. The lowest BCUT2D eigenvalue weighted by Crippen LogP contribution is -2.30. The second-order valence-corrected chi connectivity index (χ2v) is 7.50. The van der Waals surface area contributed by atoms with Gasteiger partial charge < -0.3 is 15.1 Å². The van der Waals surface area contributed by atoms with Gasteiger partial charge in [-0.2, -0.15) is 0 Å². The fraction of sp³-hybridized carbons (Fsp3) is 0.350. The molecule has 136 valence electrons. The van der Waals surface area contributed by atoms with Gasteiger partial charge in [-0.25, -0.2) is 4.39 Å². The Hall–Kier alpha value is -1.95. The second-order valence-electron chi connectivity index (χ2n) is 7.09. The second kappa shape index (κ2) is 6.34. The highest BCUT2D eigenvalue weighted by Gasteiger charge is 2.71. The monoisotopic (exact) mass is 375 g/mol. The van der Waals surface area contributed by atoms with Gasteiger partial charge in [-0.05, 0) is 29.5 Å². The van der Waals surface area contributed by atoms with E-state index in [2.05, 4.69) is 0 Å². The van der Waals surface area contributed by atoms with Crippen LogP contribution in [-0.2, 0) is 0 Å². The normalized spacial score (nSPS) is 30.0. The van der Waals surface area contributed by atoms with Gasteiger partial charge in [0.15, 0.2) is 0 Å². The number of aliphatic hydroxyl groups is 2. The van der Waals surface area contributed by atoms with E-state index in [9.17, 15) is 19.4 Å². The predicted molar refractivity (Wildman–Crippen MR) is 95.5 cm³/mol. The first kappa shape index (κ1) is 17.5. The summed E-state index contributed by atoms with van der Waals surface area (Å²) >= 11 is 6.02. The molecule has 1 saturated heterocycles. The topological polar surface area (TPSA) is 60.8 Å². The van der Waals surface area contributed by atoms with Crippen LogP contribution in [0, 0.1) is 17.2 Å². The summed E-state index contributed by atoms with van der Waals surface area (Å²) in [5.74, 6) is -1.36. The number of benzene rings is 2. The summed E-state index contributed by atoms with van der Waals surface area (Å²) in [7, 11) is 0. The molecule has 0 aromatic heterocycles. The van der Waals surface area contributed by atoms with Crippen LogP contribution in [0.25, 0.3) is 0 Å². The van der Waals surface area contributed by atoms with Crippen molar-refractivity contribution in [2.45, 2.75) is 12.0 Å². The molecule has 2 aromatic carbocycles. The van der Waals surface area contributed by atoms with Crippen molar-refractivity contribution in [1.29, 1.82) is 0 Å². The number of amides is 1. The first-order valence-electron chi connectivity index (χ1n) is 8.58. The van der Waals surface area contributed by atoms with E-state index in [4.69, 9.17) is 11.6 Å². The van der Waals surface area contributed by atoms with Crippen molar-refractivity contribution in [1.82, 2.24) is 4.90 Å². The molecule has 26 heavy (non-hydrogen) atoms. The molecule has 1 heterocycles. The molecule has 4 nitrogen and oxygen atoms in total. The Bertz CT molecular complexity index is 826. The molecule has 2 N–H and O–H groups in total. The molecule has 4 atom stereocenters. The van der Waals surface area contributed by atoms with Crippen molar-refractivity contribution in [2.75, 3.05) is 19.7 Å². The van der Waals surface area contributed by atoms with E-state index >= 15 is 0 Å². The highest BCUT2D eigenvalue weighted by molar-refractivity contribution is 6.33. The van der Waals surface area contributed by atoms with Crippen LogP contribution in [0.3, 0.4) is 0 Å². The minimum Gasteiger partial charge on any atom is -0.396 e. The van der Waals surface area contributed by atoms with Crippen LogP contribution < -0.4 is 0 Å². The molecule has 1 aliphatic carbocycles. The minimum atomic E-state index is -0.778.